The van der Waals surface area contributed by atoms with Gasteiger partial charge >= 0.3 is 0 Å². The van der Waals surface area contributed by atoms with Crippen LogP contribution in [-0.4, -0.2) is 15.9 Å². The number of nitrogens with zero attached hydrogens (tertiary/aromatic N) is 2. The Hall–Kier alpha value is -1.45. The number of aromatic nitrogens is 2. The molecule has 1 amide bonds. The van der Waals surface area contributed by atoms with Gasteiger partial charge in [0.15, 0.2) is 0 Å². The average Bonchev–Trinajstić information content (AvgIpc) is 1.98. The second-order valence-corrected chi connectivity index (χ2v) is 2.61. The maximum atomic E-state index is 10.7. The molecule has 0 unspecified atom stereocenters. The molecule has 0 saturated carbocycles. The summed E-state index contributed by atoms with van der Waals surface area (Å²) in [5.74, 6) is 0.478. The highest BCUT2D eigenvalue weighted by Crippen LogP contribution is 2.11. The summed E-state index contributed by atoms with van der Waals surface area (Å²) in [5, 5.41) is 2.62. The Labute approximate surface area is 71.0 Å². The number of carbonyl (C=O) groups excluding carboxylic acids is 1. The lowest BCUT2D eigenvalue weighted by molar-refractivity contribution is -0.114. The van der Waals surface area contributed by atoms with E-state index in [0.29, 0.717) is 5.82 Å². The van der Waals surface area contributed by atoms with Gasteiger partial charge in [-0.3, -0.25) is 4.79 Å². The molecule has 0 bridgehead atoms. The molecule has 1 aromatic heterocycles. The summed E-state index contributed by atoms with van der Waals surface area (Å²) in [7, 11) is 0. The minimum absolute atomic E-state index is 0.115. The molecule has 64 valence electrons. The summed E-state index contributed by atoms with van der Waals surface area (Å²) < 4.78 is 0. The fourth-order valence-electron chi connectivity index (χ4n) is 0.831. The molecule has 0 aromatic carbocycles. The molecule has 0 aliphatic rings. The van der Waals surface area contributed by atoms with Gasteiger partial charge in [0.25, 0.3) is 0 Å². The van der Waals surface area contributed by atoms with Crippen LogP contribution >= 0.6 is 0 Å². The average molecular weight is 165 g/mol. The Kier molecular flexibility index (Phi) is 2.38. The van der Waals surface area contributed by atoms with E-state index in [1.807, 2.05) is 13.8 Å². The van der Waals surface area contributed by atoms with Crippen LogP contribution in [0.2, 0.25) is 0 Å². The number of hydrogen-bond acceptors (Lipinski definition) is 3. The largest absolute Gasteiger partial charge is 0.311 e. The van der Waals surface area contributed by atoms with Crippen LogP contribution in [0.3, 0.4) is 0 Å². The first-order chi connectivity index (χ1) is 5.61. The lowest BCUT2D eigenvalue weighted by atomic mass is 10.2. The Morgan fingerprint density at radius 2 is 2.08 bits per heavy atom. The molecule has 0 spiro atoms. The Morgan fingerprint density at radius 3 is 2.67 bits per heavy atom. The van der Waals surface area contributed by atoms with E-state index in [0.717, 1.165) is 11.3 Å². The van der Waals surface area contributed by atoms with Crippen molar-refractivity contribution in [1.82, 2.24) is 9.97 Å². The molecule has 4 nitrogen and oxygen atoms in total. The van der Waals surface area contributed by atoms with Gasteiger partial charge in [0.2, 0.25) is 5.91 Å². The van der Waals surface area contributed by atoms with Crippen LogP contribution in [-0.2, 0) is 4.79 Å². The Bertz CT molecular complexity index is 309. The van der Waals surface area contributed by atoms with E-state index in [1.165, 1.54) is 13.3 Å². The number of aryl methyl sites for hydroxylation is 1. The quantitative estimate of drug-likeness (QED) is 0.676. The van der Waals surface area contributed by atoms with Crippen LogP contribution in [0.4, 0.5) is 5.82 Å². The Balaban J connectivity index is 3.00. The number of hydrogen-bond donors (Lipinski definition) is 1. The standard InChI is InChI=1S/C8H11N3O/c1-5-6(2)9-4-10-8(5)11-7(3)12/h4H,1-3H3,(H,9,10,11,12). The molecule has 4 heteroatoms. The zero-order valence-corrected chi connectivity index (χ0v) is 7.38. The van der Waals surface area contributed by atoms with Crippen molar-refractivity contribution in [3.05, 3.63) is 17.6 Å². The summed E-state index contributed by atoms with van der Waals surface area (Å²) in [6, 6.07) is 0. The van der Waals surface area contributed by atoms with Gasteiger partial charge in [-0.2, -0.15) is 0 Å². The summed E-state index contributed by atoms with van der Waals surface area (Å²) in [4.78, 5) is 18.6. The van der Waals surface area contributed by atoms with Gasteiger partial charge in [-0.1, -0.05) is 0 Å². The van der Waals surface area contributed by atoms with Crippen molar-refractivity contribution in [2.45, 2.75) is 20.8 Å². The van der Waals surface area contributed by atoms with Crippen molar-refractivity contribution >= 4 is 11.7 Å². The fourth-order valence-corrected chi connectivity index (χ4v) is 0.831. The highest BCUT2D eigenvalue weighted by molar-refractivity contribution is 5.88. The summed E-state index contributed by atoms with van der Waals surface area (Å²) in [6.07, 6.45) is 1.44. The number of nitrogens with one attached hydrogen (secondary N) is 1. The topological polar surface area (TPSA) is 54.9 Å². The van der Waals surface area contributed by atoms with Crippen LogP contribution in [0.25, 0.3) is 0 Å². The van der Waals surface area contributed by atoms with E-state index in [9.17, 15) is 4.79 Å². The van der Waals surface area contributed by atoms with Crippen molar-refractivity contribution in [1.29, 1.82) is 0 Å². The van der Waals surface area contributed by atoms with E-state index in [-0.39, 0.29) is 5.91 Å². The number of anilines is 1. The molecule has 12 heavy (non-hydrogen) atoms. The molecule has 1 heterocycles. The lowest BCUT2D eigenvalue weighted by Crippen LogP contribution is -2.09. The predicted molar refractivity (Wildman–Crippen MR) is 45.8 cm³/mol. The van der Waals surface area contributed by atoms with Gasteiger partial charge in [0.1, 0.15) is 12.1 Å². The van der Waals surface area contributed by atoms with E-state index in [1.54, 1.807) is 0 Å². The van der Waals surface area contributed by atoms with E-state index < -0.39 is 0 Å². The molecule has 0 radical (unpaired) electrons. The van der Waals surface area contributed by atoms with Crippen LogP contribution in [0.5, 0.6) is 0 Å². The SMILES string of the molecule is CC(=O)Nc1ncnc(C)c1C. The van der Waals surface area contributed by atoms with Crippen molar-refractivity contribution in [2.75, 3.05) is 5.32 Å². The first-order valence-corrected chi connectivity index (χ1v) is 3.67. The molecule has 1 rings (SSSR count). The minimum Gasteiger partial charge on any atom is -0.311 e. The molecule has 1 aromatic rings. The first-order valence-electron chi connectivity index (χ1n) is 3.67. The zero-order valence-electron chi connectivity index (χ0n) is 7.38. The molecule has 0 saturated heterocycles. The van der Waals surface area contributed by atoms with Crippen LogP contribution < -0.4 is 5.32 Å². The molecule has 0 aliphatic carbocycles. The highest BCUT2D eigenvalue weighted by Gasteiger charge is 2.03. The first kappa shape index (κ1) is 8.64. The zero-order chi connectivity index (χ0) is 9.14. The third kappa shape index (κ3) is 1.78. The third-order valence-electron chi connectivity index (χ3n) is 1.63. The smallest absolute Gasteiger partial charge is 0.222 e. The van der Waals surface area contributed by atoms with Gasteiger partial charge in [-0.25, -0.2) is 9.97 Å². The molecule has 0 fully saturated rings. The maximum Gasteiger partial charge on any atom is 0.222 e. The van der Waals surface area contributed by atoms with Crippen molar-refractivity contribution in [3.63, 3.8) is 0 Å². The van der Waals surface area contributed by atoms with Gasteiger partial charge in [0.05, 0.1) is 0 Å². The van der Waals surface area contributed by atoms with Gasteiger partial charge < -0.3 is 5.32 Å². The summed E-state index contributed by atoms with van der Waals surface area (Å²) in [5.41, 5.74) is 1.79. The number of carbonyl (C=O) groups is 1. The lowest BCUT2D eigenvalue weighted by Gasteiger charge is -2.05. The molecule has 1 N–H and O–H groups in total. The molecule has 0 atom stereocenters. The molecular formula is C8H11N3O. The van der Waals surface area contributed by atoms with Crippen molar-refractivity contribution < 1.29 is 4.79 Å². The molecule has 0 aliphatic heterocycles. The molecular weight excluding hydrogens is 154 g/mol. The van der Waals surface area contributed by atoms with Crippen molar-refractivity contribution in [2.24, 2.45) is 0 Å². The predicted octanol–water partition coefficient (Wildman–Crippen LogP) is 1.05. The van der Waals surface area contributed by atoms with Crippen LogP contribution in [0.15, 0.2) is 6.33 Å². The van der Waals surface area contributed by atoms with Crippen molar-refractivity contribution in [3.8, 4) is 0 Å². The van der Waals surface area contributed by atoms with Crippen LogP contribution in [0.1, 0.15) is 18.2 Å². The maximum absolute atomic E-state index is 10.7. The van der Waals surface area contributed by atoms with Gasteiger partial charge in [-0.05, 0) is 13.8 Å². The fraction of sp³-hybridized carbons (Fsp3) is 0.375. The van der Waals surface area contributed by atoms with Gasteiger partial charge in [0, 0.05) is 18.2 Å². The second-order valence-electron chi connectivity index (χ2n) is 2.61. The highest BCUT2D eigenvalue weighted by atomic mass is 16.1. The normalized spacial score (nSPS) is 9.58. The minimum atomic E-state index is -0.115. The van der Waals surface area contributed by atoms with Gasteiger partial charge in [-0.15, -0.1) is 0 Å². The summed E-state index contributed by atoms with van der Waals surface area (Å²) in [6.45, 7) is 5.21. The number of amides is 1. The summed E-state index contributed by atoms with van der Waals surface area (Å²) >= 11 is 0. The number of rotatable bonds is 1. The van der Waals surface area contributed by atoms with E-state index in [4.69, 9.17) is 0 Å². The van der Waals surface area contributed by atoms with Crippen LogP contribution in [0, 0.1) is 13.8 Å². The third-order valence-corrected chi connectivity index (χ3v) is 1.63. The monoisotopic (exact) mass is 165 g/mol. The second kappa shape index (κ2) is 3.30. The van der Waals surface area contributed by atoms with E-state index >= 15 is 0 Å². The van der Waals surface area contributed by atoms with E-state index in [2.05, 4.69) is 15.3 Å². The Morgan fingerprint density at radius 1 is 1.42 bits per heavy atom.